The minimum Gasteiger partial charge on any atom is -0.487 e. The fourth-order valence-electron chi connectivity index (χ4n) is 8.70. The number of ether oxygens (including phenoxy) is 4. The summed E-state index contributed by atoms with van der Waals surface area (Å²) in [6.07, 6.45) is 1.60. The maximum Gasteiger partial charge on any atom is 0.514 e. The predicted molar refractivity (Wildman–Crippen MR) is 211 cm³/mol. The Kier molecular flexibility index (Phi) is 11.5. The summed E-state index contributed by atoms with van der Waals surface area (Å²) in [4.78, 5) is 54.9. The second-order valence-corrected chi connectivity index (χ2v) is 18.7. The van der Waals surface area contributed by atoms with Crippen molar-refractivity contribution >= 4 is 30.9 Å². The second kappa shape index (κ2) is 15.4. The number of carbonyl (C=O) groups excluding carboxylic acids is 4. The number of nitrogens with one attached hydrogen (secondary N) is 1. The number of rotatable bonds is 12. The lowest BCUT2D eigenvalue weighted by Gasteiger charge is -2.64. The van der Waals surface area contributed by atoms with Crippen LogP contribution in [0, 0.1) is 24.2 Å². The molecule has 7 rings (SSSR count). The molecule has 2 heterocycles. The molecule has 12 nitrogen and oxygen atoms in total. The molecule has 3 saturated carbocycles. The molecule has 2 bridgehead atoms. The third-order valence-electron chi connectivity index (χ3n) is 11.7. The lowest BCUT2D eigenvalue weighted by Crippen LogP contribution is -2.65. The van der Waals surface area contributed by atoms with Gasteiger partial charge in [0.2, 0.25) is 5.91 Å². The molecule has 1 N–H and O–H groups in total. The lowest BCUT2D eigenvalue weighted by atomic mass is 9.43. The quantitative estimate of drug-likeness (QED) is 0.105. The highest BCUT2D eigenvalue weighted by Gasteiger charge is 2.67. The van der Waals surface area contributed by atoms with Gasteiger partial charge in [-0.15, -0.1) is 0 Å². The van der Waals surface area contributed by atoms with Gasteiger partial charge in [-0.2, -0.15) is 0 Å². The Balaban J connectivity index is 1.17. The highest BCUT2D eigenvalue weighted by Crippen LogP contribution is 2.65. The number of likely N-dealkylation sites (tertiary alicyclic amines) is 1. The largest absolute Gasteiger partial charge is 0.514 e. The van der Waals surface area contributed by atoms with E-state index in [1.807, 2.05) is 4.90 Å². The van der Waals surface area contributed by atoms with E-state index in [1.165, 1.54) is 0 Å². The van der Waals surface area contributed by atoms with Gasteiger partial charge in [0, 0.05) is 18.7 Å². The van der Waals surface area contributed by atoms with Crippen molar-refractivity contribution in [2.24, 2.45) is 17.3 Å². The first-order valence-electron chi connectivity index (χ1n) is 19.8. The summed E-state index contributed by atoms with van der Waals surface area (Å²) in [5, 5.41) is 2.78. The number of hydrogen-bond acceptors (Lipinski definition) is 11. The van der Waals surface area contributed by atoms with Crippen molar-refractivity contribution in [3.8, 4) is 11.5 Å². The monoisotopic (exact) mass is 773 g/mol. The van der Waals surface area contributed by atoms with Crippen molar-refractivity contribution in [3.63, 3.8) is 0 Å². The van der Waals surface area contributed by atoms with Crippen LogP contribution in [0.5, 0.6) is 11.5 Å². The van der Waals surface area contributed by atoms with Crippen molar-refractivity contribution in [2.75, 3.05) is 19.6 Å². The number of ketones is 1. The molecule has 2 aliphatic heterocycles. The molecule has 1 radical (unpaired) electrons. The number of Topliss-reactive ketones (excluding diaryl/α,β-unsaturated/α-hetero) is 1. The minimum absolute atomic E-state index is 0.00548. The normalized spacial score (nSPS) is 24.9. The zero-order chi connectivity index (χ0) is 41.0. The standard InChI is InChI=1S/C43H58BN2O10/c1-25-14-12-13-15-30(25)36(48)26(2)45-34(47)24-46-22-29(23-46)51-31-17-16-27(18-19-44-55-33-21-28-20-32(42(28,9)10)43(33,11)56-44)37(52-39(50)54-41(6,7)8)35(31)38(49)53-40(3,4)5/h12-17,26,28-29,32-33H,1,18-24H2,2-11H3,(H,45,47)/t26-,28+,32+,33-,43+/m1/s1. The van der Waals surface area contributed by atoms with Gasteiger partial charge in [-0.25, -0.2) is 9.59 Å². The Morgan fingerprint density at radius 3 is 2.30 bits per heavy atom. The molecule has 0 spiro atoms. The highest BCUT2D eigenvalue weighted by atomic mass is 16.7. The Labute approximate surface area is 331 Å². The molecule has 303 valence electrons. The maximum atomic E-state index is 14.0. The third kappa shape index (κ3) is 8.95. The molecule has 0 aromatic heterocycles. The van der Waals surface area contributed by atoms with E-state index in [-0.39, 0.29) is 58.5 Å². The molecule has 13 heteroatoms. The van der Waals surface area contributed by atoms with Gasteiger partial charge in [-0.1, -0.05) is 44.2 Å². The summed E-state index contributed by atoms with van der Waals surface area (Å²) < 4.78 is 36.8. The van der Waals surface area contributed by atoms with Crippen LogP contribution < -0.4 is 14.8 Å². The topological polar surface area (TPSA) is 139 Å². The van der Waals surface area contributed by atoms with E-state index in [4.69, 9.17) is 28.3 Å². The summed E-state index contributed by atoms with van der Waals surface area (Å²) in [5.74, 6) is -0.0396. The first-order chi connectivity index (χ1) is 26.0. The van der Waals surface area contributed by atoms with Gasteiger partial charge in [0.15, 0.2) is 11.5 Å². The second-order valence-electron chi connectivity index (χ2n) is 18.7. The van der Waals surface area contributed by atoms with Crippen LogP contribution in [0.15, 0.2) is 36.4 Å². The molecule has 56 heavy (non-hydrogen) atoms. The van der Waals surface area contributed by atoms with Gasteiger partial charge in [-0.3, -0.25) is 14.5 Å². The minimum atomic E-state index is -0.971. The van der Waals surface area contributed by atoms with Crippen LogP contribution in [0.3, 0.4) is 0 Å². The molecule has 5 aliphatic rings. The van der Waals surface area contributed by atoms with Crippen molar-refractivity contribution in [2.45, 2.75) is 130 Å². The van der Waals surface area contributed by atoms with Gasteiger partial charge in [0.1, 0.15) is 28.6 Å². The van der Waals surface area contributed by atoms with E-state index in [0.717, 1.165) is 12.8 Å². The predicted octanol–water partition coefficient (Wildman–Crippen LogP) is 6.86. The Morgan fingerprint density at radius 2 is 1.66 bits per heavy atom. The van der Waals surface area contributed by atoms with E-state index in [0.29, 0.717) is 54.4 Å². The first kappa shape index (κ1) is 41.7. The van der Waals surface area contributed by atoms with Crippen LogP contribution in [0.4, 0.5) is 4.79 Å². The summed E-state index contributed by atoms with van der Waals surface area (Å²) >= 11 is 0. The van der Waals surface area contributed by atoms with Crippen LogP contribution in [-0.2, 0) is 30.0 Å². The molecule has 2 saturated heterocycles. The fraction of sp³-hybridized carbons (Fsp3) is 0.605. The number of benzene rings is 2. The number of carbonyl (C=O) groups is 4. The molecule has 2 aromatic carbocycles. The maximum absolute atomic E-state index is 14.0. The van der Waals surface area contributed by atoms with Crippen molar-refractivity contribution in [3.05, 3.63) is 65.6 Å². The molecule has 0 unspecified atom stereocenters. The van der Waals surface area contributed by atoms with Crippen molar-refractivity contribution in [1.82, 2.24) is 10.2 Å². The van der Waals surface area contributed by atoms with Gasteiger partial charge in [-0.05, 0) is 122 Å². The number of nitrogens with zero attached hydrogens (tertiary/aromatic N) is 1. The summed E-state index contributed by atoms with van der Waals surface area (Å²) in [6.45, 7) is 23.6. The van der Waals surface area contributed by atoms with Gasteiger partial charge in [0.05, 0.1) is 24.3 Å². The average Bonchev–Trinajstić information content (AvgIpc) is 3.41. The van der Waals surface area contributed by atoms with Crippen LogP contribution in [0.2, 0.25) is 6.32 Å². The lowest BCUT2D eigenvalue weighted by molar-refractivity contribution is -0.199. The van der Waals surface area contributed by atoms with Crippen LogP contribution in [0.1, 0.15) is 114 Å². The van der Waals surface area contributed by atoms with E-state index in [9.17, 15) is 19.2 Å². The Morgan fingerprint density at radius 1 is 0.982 bits per heavy atom. The molecule has 3 aliphatic carbocycles. The summed E-state index contributed by atoms with van der Waals surface area (Å²) in [5.41, 5.74) is -0.284. The van der Waals surface area contributed by atoms with Gasteiger partial charge in [0.25, 0.3) is 0 Å². The van der Waals surface area contributed by atoms with Gasteiger partial charge >= 0.3 is 19.2 Å². The molecular weight excluding hydrogens is 715 g/mol. The van der Waals surface area contributed by atoms with E-state index < -0.39 is 36.5 Å². The van der Waals surface area contributed by atoms with Crippen LogP contribution >= 0.6 is 0 Å². The van der Waals surface area contributed by atoms with Crippen molar-refractivity contribution in [1.29, 1.82) is 0 Å². The SMILES string of the molecule is [CH2]c1ccccc1C(=O)[C@@H](C)NC(=O)CN1CC(Oc2ccc(CCB3O[C@@H]4C[C@@H]5C[C@@H](C5(C)C)[C@]4(C)O3)c(OC(=O)OC(C)(C)C)c2C(=O)OC(C)(C)C)C1. The van der Waals surface area contributed by atoms with Crippen molar-refractivity contribution < 1.29 is 47.4 Å². The van der Waals surface area contributed by atoms with Gasteiger partial charge < -0.3 is 33.6 Å². The molecule has 5 fully saturated rings. The number of esters is 1. The van der Waals surface area contributed by atoms with E-state index in [1.54, 1.807) is 84.9 Å². The average molecular weight is 774 g/mol. The van der Waals surface area contributed by atoms with E-state index >= 15 is 0 Å². The molecule has 1 amide bonds. The summed E-state index contributed by atoms with van der Waals surface area (Å²) in [6, 6.07) is 9.75. The summed E-state index contributed by atoms with van der Waals surface area (Å²) in [7, 11) is -0.464. The Hall–Kier alpha value is -3.94. The fourth-order valence-corrected chi connectivity index (χ4v) is 8.70. The van der Waals surface area contributed by atoms with Crippen LogP contribution in [0.25, 0.3) is 0 Å². The third-order valence-corrected chi connectivity index (χ3v) is 11.7. The molecule has 2 aromatic rings. The number of amides is 1. The zero-order valence-corrected chi connectivity index (χ0v) is 34.6. The number of aryl methyl sites for hydroxylation is 1. The van der Waals surface area contributed by atoms with E-state index in [2.05, 4.69) is 33.0 Å². The first-order valence-corrected chi connectivity index (χ1v) is 19.8. The number of hydrogen-bond donors (Lipinski definition) is 1. The molecular formula is C43H58BN2O10. The molecule has 5 atom stereocenters. The zero-order valence-electron chi connectivity index (χ0n) is 34.6. The smallest absolute Gasteiger partial charge is 0.487 e. The Bertz CT molecular complexity index is 1840. The van der Waals surface area contributed by atoms with Crippen LogP contribution in [-0.4, -0.2) is 90.5 Å². The highest BCUT2D eigenvalue weighted by molar-refractivity contribution is 6.45.